The van der Waals surface area contributed by atoms with Gasteiger partial charge in [0.25, 0.3) is 0 Å². The molecule has 16 heavy (non-hydrogen) atoms. The highest BCUT2D eigenvalue weighted by Gasteiger charge is 2.09. The Balaban J connectivity index is 2.11. The van der Waals surface area contributed by atoms with Gasteiger partial charge in [-0.3, -0.25) is 0 Å². The molecular formula is C10H11ClN2OS2. The summed E-state index contributed by atoms with van der Waals surface area (Å²) in [5, 5.41) is 12.3. The van der Waals surface area contributed by atoms with Crippen LogP contribution >= 0.6 is 34.3 Å². The first-order valence-corrected chi connectivity index (χ1v) is 7.08. The molecule has 6 heteroatoms. The van der Waals surface area contributed by atoms with E-state index in [1.54, 1.807) is 29.8 Å². The third kappa shape index (κ3) is 2.72. The predicted octanol–water partition coefficient (Wildman–Crippen LogP) is 3.45. The van der Waals surface area contributed by atoms with Crippen molar-refractivity contribution in [3.63, 3.8) is 0 Å². The number of hydrogen-bond donors (Lipinski definition) is 0. The Labute approximate surface area is 107 Å². The standard InChI is InChI=1S/C10H11ClN2OS2/c1-14-7-5-8(15-6-7)10-13-12-9(16-10)3-2-4-11/h5-6H,2-4H2,1H3. The minimum absolute atomic E-state index is 0.668. The van der Waals surface area contributed by atoms with Crippen LogP contribution in [0.15, 0.2) is 11.4 Å². The fraction of sp³-hybridized carbons (Fsp3) is 0.400. The van der Waals surface area contributed by atoms with Crippen LogP contribution in [0.5, 0.6) is 5.75 Å². The molecule has 2 heterocycles. The van der Waals surface area contributed by atoms with Crippen LogP contribution in [-0.4, -0.2) is 23.2 Å². The maximum Gasteiger partial charge on any atom is 0.157 e. The van der Waals surface area contributed by atoms with Crippen molar-refractivity contribution >= 4 is 34.3 Å². The second kappa shape index (κ2) is 5.61. The summed E-state index contributed by atoms with van der Waals surface area (Å²) in [7, 11) is 1.66. The van der Waals surface area contributed by atoms with Gasteiger partial charge in [0, 0.05) is 23.7 Å². The zero-order valence-electron chi connectivity index (χ0n) is 8.77. The number of methoxy groups -OCH3 is 1. The fourth-order valence-electron chi connectivity index (χ4n) is 1.21. The van der Waals surface area contributed by atoms with E-state index in [1.165, 1.54) is 0 Å². The van der Waals surface area contributed by atoms with Gasteiger partial charge in [-0.15, -0.1) is 33.1 Å². The zero-order valence-corrected chi connectivity index (χ0v) is 11.2. The summed E-state index contributed by atoms with van der Waals surface area (Å²) in [5.74, 6) is 1.54. The van der Waals surface area contributed by atoms with Gasteiger partial charge in [0.2, 0.25) is 0 Å². The summed E-state index contributed by atoms with van der Waals surface area (Å²) in [5.41, 5.74) is 0. The van der Waals surface area contributed by atoms with Gasteiger partial charge in [-0.1, -0.05) is 11.3 Å². The van der Waals surface area contributed by atoms with Crippen LogP contribution in [0.3, 0.4) is 0 Å². The van der Waals surface area contributed by atoms with Crippen LogP contribution < -0.4 is 4.74 Å². The van der Waals surface area contributed by atoms with Gasteiger partial charge in [-0.05, 0) is 6.42 Å². The molecule has 2 aromatic heterocycles. The van der Waals surface area contributed by atoms with Crippen molar-refractivity contribution in [2.24, 2.45) is 0 Å². The minimum atomic E-state index is 0.668. The minimum Gasteiger partial charge on any atom is -0.496 e. The number of thiophene rings is 1. The van der Waals surface area contributed by atoms with Crippen LogP contribution in [0, 0.1) is 0 Å². The van der Waals surface area contributed by atoms with Crippen LogP contribution in [0.4, 0.5) is 0 Å². The molecule has 0 fully saturated rings. The van der Waals surface area contributed by atoms with E-state index in [2.05, 4.69) is 10.2 Å². The number of rotatable bonds is 5. The molecule has 0 atom stereocenters. The van der Waals surface area contributed by atoms with E-state index < -0.39 is 0 Å². The Morgan fingerprint density at radius 1 is 1.44 bits per heavy atom. The van der Waals surface area contributed by atoms with Gasteiger partial charge in [-0.2, -0.15) is 0 Å². The molecule has 0 saturated carbocycles. The molecule has 0 spiro atoms. The van der Waals surface area contributed by atoms with Gasteiger partial charge in [0.15, 0.2) is 5.01 Å². The van der Waals surface area contributed by atoms with Crippen molar-refractivity contribution in [3.05, 3.63) is 16.5 Å². The molecule has 2 rings (SSSR count). The van der Waals surface area contributed by atoms with Crippen molar-refractivity contribution < 1.29 is 4.74 Å². The molecule has 0 aliphatic heterocycles. The number of nitrogens with zero attached hydrogens (tertiary/aromatic N) is 2. The third-order valence-corrected chi connectivity index (χ3v) is 4.34. The van der Waals surface area contributed by atoms with E-state index in [0.29, 0.717) is 5.88 Å². The van der Waals surface area contributed by atoms with Gasteiger partial charge in [0.1, 0.15) is 10.8 Å². The van der Waals surface area contributed by atoms with E-state index in [0.717, 1.165) is 33.5 Å². The fourth-order valence-corrected chi connectivity index (χ4v) is 3.14. The average Bonchev–Trinajstić information content (AvgIpc) is 2.94. The Bertz CT molecular complexity index is 455. The lowest BCUT2D eigenvalue weighted by Crippen LogP contribution is -1.84. The van der Waals surface area contributed by atoms with Gasteiger partial charge in [-0.25, -0.2) is 0 Å². The molecule has 3 nitrogen and oxygen atoms in total. The Morgan fingerprint density at radius 2 is 2.31 bits per heavy atom. The number of ether oxygens (including phenoxy) is 1. The Hall–Kier alpha value is -0.650. The summed E-state index contributed by atoms with van der Waals surface area (Å²) in [6, 6.07) is 1.98. The SMILES string of the molecule is COc1csc(-c2nnc(CCCCl)s2)c1. The summed E-state index contributed by atoms with van der Waals surface area (Å²) in [6.07, 6.45) is 1.85. The molecule has 0 radical (unpaired) electrons. The molecule has 0 amide bonds. The van der Waals surface area contributed by atoms with E-state index >= 15 is 0 Å². The van der Waals surface area contributed by atoms with E-state index in [9.17, 15) is 0 Å². The summed E-state index contributed by atoms with van der Waals surface area (Å²) in [4.78, 5) is 1.10. The number of alkyl halides is 1. The number of hydrogen-bond acceptors (Lipinski definition) is 5. The summed E-state index contributed by atoms with van der Waals surface area (Å²) in [6.45, 7) is 0. The van der Waals surface area contributed by atoms with E-state index in [-0.39, 0.29) is 0 Å². The van der Waals surface area contributed by atoms with Crippen molar-refractivity contribution in [2.75, 3.05) is 13.0 Å². The second-order valence-corrected chi connectivity index (χ2v) is 5.50. The highest BCUT2D eigenvalue weighted by molar-refractivity contribution is 7.20. The zero-order chi connectivity index (χ0) is 11.4. The lowest BCUT2D eigenvalue weighted by Gasteiger charge is -1.89. The van der Waals surface area contributed by atoms with Crippen molar-refractivity contribution in [2.45, 2.75) is 12.8 Å². The van der Waals surface area contributed by atoms with Gasteiger partial charge >= 0.3 is 0 Å². The van der Waals surface area contributed by atoms with Crippen LogP contribution in [0.25, 0.3) is 9.88 Å². The smallest absolute Gasteiger partial charge is 0.157 e. The molecule has 0 aliphatic carbocycles. The largest absolute Gasteiger partial charge is 0.496 e. The molecule has 0 saturated heterocycles. The maximum atomic E-state index is 5.64. The van der Waals surface area contributed by atoms with E-state index in [1.807, 2.05) is 11.4 Å². The van der Waals surface area contributed by atoms with Crippen molar-refractivity contribution in [1.82, 2.24) is 10.2 Å². The summed E-state index contributed by atoms with van der Waals surface area (Å²) < 4.78 is 5.14. The monoisotopic (exact) mass is 274 g/mol. The first kappa shape index (κ1) is 11.8. The topological polar surface area (TPSA) is 35.0 Å². The van der Waals surface area contributed by atoms with Gasteiger partial charge < -0.3 is 4.74 Å². The van der Waals surface area contributed by atoms with Gasteiger partial charge in [0.05, 0.1) is 12.0 Å². The summed E-state index contributed by atoms with van der Waals surface area (Å²) >= 11 is 8.88. The molecule has 0 aromatic carbocycles. The highest BCUT2D eigenvalue weighted by Crippen LogP contribution is 2.32. The lowest BCUT2D eigenvalue weighted by molar-refractivity contribution is 0.417. The van der Waals surface area contributed by atoms with Crippen LogP contribution in [0.1, 0.15) is 11.4 Å². The molecule has 0 N–H and O–H groups in total. The first-order chi connectivity index (χ1) is 7.83. The number of halogens is 1. The Kier molecular flexibility index (Phi) is 4.15. The van der Waals surface area contributed by atoms with Crippen LogP contribution in [-0.2, 0) is 6.42 Å². The van der Waals surface area contributed by atoms with Crippen molar-refractivity contribution in [1.29, 1.82) is 0 Å². The molecule has 0 bridgehead atoms. The highest BCUT2D eigenvalue weighted by atomic mass is 35.5. The average molecular weight is 275 g/mol. The first-order valence-electron chi connectivity index (χ1n) is 4.84. The third-order valence-electron chi connectivity index (χ3n) is 2.01. The van der Waals surface area contributed by atoms with Crippen LogP contribution in [0.2, 0.25) is 0 Å². The molecular weight excluding hydrogens is 264 g/mol. The lowest BCUT2D eigenvalue weighted by atomic mass is 10.4. The molecule has 0 aliphatic rings. The predicted molar refractivity (Wildman–Crippen MR) is 68.8 cm³/mol. The molecule has 0 unspecified atom stereocenters. The molecule has 2 aromatic rings. The normalized spacial score (nSPS) is 10.6. The maximum absolute atomic E-state index is 5.64. The van der Waals surface area contributed by atoms with E-state index in [4.69, 9.17) is 16.3 Å². The Morgan fingerprint density at radius 3 is 3.00 bits per heavy atom. The molecule has 86 valence electrons. The van der Waals surface area contributed by atoms with Crippen molar-refractivity contribution in [3.8, 4) is 15.6 Å². The number of aryl methyl sites for hydroxylation is 1. The quantitative estimate of drug-likeness (QED) is 0.784. The number of aromatic nitrogens is 2. The second-order valence-electron chi connectivity index (χ2n) is 3.14.